The van der Waals surface area contributed by atoms with Crippen LogP contribution in [-0.4, -0.2) is 28.0 Å². The van der Waals surface area contributed by atoms with Crippen molar-refractivity contribution in [2.45, 2.75) is 0 Å². The lowest BCUT2D eigenvalue weighted by atomic mass is 10.1. The minimum Gasteiger partial charge on any atom is -0.465 e. The normalized spacial score (nSPS) is 10.4. The quantitative estimate of drug-likeness (QED) is 0.337. The van der Waals surface area contributed by atoms with Gasteiger partial charge in [-0.15, -0.1) is 0 Å². The Kier molecular flexibility index (Phi) is 2.87. The highest BCUT2D eigenvalue weighted by atomic mass is 16.6. The molecule has 1 aromatic heterocycles. The van der Waals surface area contributed by atoms with Crippen molar-refractivity contribution in [2.24, 2.45) is 0 Å². The summed E-state index contributed by atoms with van der Waals surface area (Å²) in [5, 5.41) is 10.7. The van der Waals surface area contributed by atoms with Crippen LogP contribution >= 0.6 is 0 Å². The second kappa shape index (κ2) is 4.37. The standard InChI is InChI=1S/C10H7N3O6/c1-19-10(16)5-2-4(13(17)18)3-6-7(5)12-9(15)8(14)11-6/h2-3H,1H3,(H,11,14)(H,12,15). The number of fused-ring (bicyclic) bond motifs is 1. The first-order chi connectivity index (χ1) is 8.93. The number of nitrogens with zero attached hydrogens (tertiary/aromatic N) is 1. The number of hydrogen-bond acceptors (Lipinski definition) is 6. The Labute approximate surface area is 104 Å². The third-order valence-corrected chi connectivity index (χ3v) is 2.43. The molecule has 2 aromatic rings. The van der Waals surface area contributed by atoms with Gasteiger partial charge in [-0.3, -0.25) is 19.7 Å². The summed E-state index contributed by atoms with van der Waals surface area (Å²) < 4.78 is 4.47. The molecule has 1 heterocycles. The molecule has 0 aliphatic heterocycles. The molecule has 2 rings (SSSR count). The lowest BCUT2D eigenvalue weighted by Crippen LogP contribution is -2.29. The molecule has 9 heteroatoms. The summed E-state index contributed by atoms with van der Waals surface area (Å²) in [5.41, 5.74) is -2.60. The van der Waals surface area contributed by atoms with Crippen LogP contribution in [0.5, 0.6) is 0 Å². The molecule has 0 spiro atoms. The van der Waals surface area contributed by atoms with E-state index in [0.717, 1.165) is 19.2 Å². The van der Waals surface area contributed by atoms with E-state index in [0.29, 0.717) is 0 Å². The number of hydrogen-bond donors (Lipinski definition) is 2. The number of aromatic nitrogens is 2. The highest BCUT2D eigenvalue weighted by Gasteiger charge is 2.18. The Bertz CT molecular complexity index is 803. The van der Waals surface area contributed by atoms with Gasteiger partial charge in [0.1, 0.15) is 0 Å². The molecule has 0 aliphatic carbocycles. The van der Waals surface area contributed by atoms with Crippen LogP contribution in [0.2, 0.25) is 0 Å². The minimum atomic E-state index is -0.969. The first-order valence-corrected chi connectivity index (χ1v) is 4.97. The summed E-state index contributed by atoms with van der Waals surface area (Å²) in [5.74, 6) is -0.864. The molecular weight excluding hydrogens is 258 g/mol. The third-order valence-electron chi connectivity index (χ3n) is 2.43. The number of nitro groups is 1. The van der Waals surface area contributed by atoms with Gasteiger partial charge in [0.05, 0.1) is 28.6 Å². The summed E-state index contributed by atoms with van der Waals surface area (Å²) in [6.07, 6.45) is 0. The van der Waals surface area contributed by atoms with E-state index in [1.807, 2.05) is 0 Å². The van der Waals surface area contributed by atoms with Crippen LogP contribution in [-0.2, 0) is 4.74 Å². The smallest absolute Gasteiger partial charge is 0.340 e. The molecule has 1 aromatic carbocycles. The lowest BCUT2D eigenvalue weighted by molar-refractivity contribution is -0.384. The average Bonchev–Trinajstić information content (AvgIpc) is 2.38. The highest BCUT2D eigenvalue weighted by Crippen LogP contribution is 2.21. The van der Waals surface area contributed by atoms with E-state index in [9.17, 15) is 24.5 Å². The fourth-order valence-electron chi connectivity index (χ4n) is 1.59. The van der Waals surface area contributed by atoms with Crippen LogP contribution in [0.1, 0.15) is 10.4 Å². The summed E-state index contributed by atoms with van der Waals surface area (Å²) in [7, 11) is 1.09. The van der Waals surface area contributed by atoms with Crippen molar-refractivity contribution in [1.29, 1.82) is 0 Å². The fraction of sp³-hybridized carbons (Fsp3) is 0.100. The molecule has 9 nitrogen and oxygen atoms in total. The van der Waals surface area contributed by atoms with E-state index >= 15 is 0 Å². The van der Waals surface area contributed by atoms with E-state index in [-0.39, 0.29) is 16.6 Å². The summed E-state index contributed by atoms with van der Waals surface area (Å²) in [6.45, 7) is 0. The van der Waals surface area contributed by atoms with E-state index in [4.69, 9.17) is 0 Å². The number of non-ortho nitro benzene ring substituents is 1. The van der Waals surface area contributed by atoms with Crippen molar-refractivity contribution >= 4 is 22.7 Å². The van der Waals surface area contributed by atoms with Gasteiger partial charge in [-0.25, -0.2) is 4.79 Å². The number of rotatable bonds is 2. The van der Waals surface area contributed by atoms with Gasteiger partial charge >= 0.3 is 17.1 Å². The number of nitrogens with one attached hydrogen (secondary N) is 2. The lowest BCUT2D eigenvalue weighted by Gasteiger charge is -2.04. The zero-order chi connectivity index (χ0) is 14.2. The van der Waals surface area contributed by atoms with Crippen LogP contribution in [0.3, 0.4) is 0 Å². The summed E-state index contributed by atoms with van der Waals surface area (Å²) in [4.78, 5) is 48.3. The Morgan fingerprint density at radius 2 is 1.89 bits per heavy atom. The molecule has 0 atom stereocenters. The van der Waals surface area contributed by atoms with Gasteiger partial charge in [0.25, 0.3) is 5.69 Å². The minimum absolute atomic E-state index is 0.0259. The first-order valence-electron chi connectivity index (χ1n) is 4.97. The van der Waals surface area contributed by atoms with E-state index < -0.39 is 27.7 Å². The van der Waals surface area contributed by atoms with Crippen LogP contribution in [0.4, 0.5) is 5.69 Å². The number of esters is 1. The molecule has 0 aliphatic rings. The zero-order valence-electron chi connectivity index (χ0n) is 9.55. The summed E-state index contributed by atoms with van der Waals surface area (Å²) >= 11 is 0. The van der Waals surface area contributed by atoms with Gasteiger partial charge in [-0.1, -0.05) is 0 Å². The number of aromatic amines is 2. The molecule has 0 radical (unpaired) electrons. The van der Waals surface area contributed by atoms with E-state index in [1.54, 1.807) is 0 Å². The predicted octanol–water partition coefficient (Wildman–Crippen LogP) is -0.0888. The maximum Gasteiger partial charge on any atom is 0.340 e. The van der Waals surface area contributed by atoms with E-state index in [2.05, 4.69) is 14.7 Å². The van der Waals surface area contributed by atoms with Crippen molar-refractivity contribution in [3.8, 4) is 0 Å². The number of benzene rings is 1. The largest absolute Gasteiger partial charge is 0.465 e. The van der Waals surface area contributed by atoms with Crippen molar-refractivity contribution in [3.63, 3.8) is 0 Å². The fourth-order valence-corrected chi connectivity index (χ4v) is 1.59. The molecule has 0 fully saturated rings. The van der Waals surface area contributed by atoms with Crippen molar-refractivity contribution in [2.75, 3.05) is 7.11 Å². The summed E-state index contributed by atoms with van der Waals surface area (Å²) in [6, 6.07) is 2.00. The average molecular weight is 265 g/mol. The van der Waals surface area contributed by atoms with Crippen LogP contribution < -0.4 is 11.1 Å². The second-order valence-corrected chi connectivity index (χ2v) is 3.57. The van der Waals surface area contributed by atoms with Crippen molar-refractivity contribution in [1.82, 2.24) is 9.97 Å². The van der Waals surface area contributed by atoms with Gasteiger partial charge in [-0.2, -0.15) is 0 Å². The first kappa shape index (κ1) is 12.5. The number of carbonyl (C=O) groups is 1. The maximum absolute atomic E-state index is 11.5. The number of ether oxygens (including phenoxy) is 1. The van der Waals surface area contributed by atoms with Crippen LogP contribution in [0.25, 0.3) is 11.0 Å². The number of carbonyl (C=O) groups excluding carboxylic acids is 1. The Balaban J connectivity index is 2.94. The number of H-pyrrole nitrogens is 2. The van der Waals surface area contributed by atoms with Crippen molar-refractivity contribution in [3.05, 3.63) is 48.5 Å². The molecule has 0 saturated carbocycles. The van der Waals surface area contributed by atoms with Gasteiger partial charge in [0.2, 0.25) is 0 Å². The topological polar surface area (TPSA) is 135 Å². The van der Waals surface area contributed by atoms with Crippen molar-refractivity contribution < 1.29 is 14.5 Å². The number of nitro benzene ring substituents is 1. The Morgan fingerprint density at radius 3 is 2.47 bits per heavy atom. The molecule has 0 amide bonds. The molecule has 0 unspecified atom stereocenters. The maximum atomic E-state index is 11.5. The van der Waals surface area contributed by atoms with Crippen LogP contribution in [0.15, 0.2) is 21.7 Å². The Morgan fingerprint density at radius 1 is 1.26 bits per heavy atom. The number of methoxy groups -OCH3 is 1. The highest BCUT2D eigenvalue weighted by molar-refractivity contribution is 6.02. The molecule has 2 N–H and O–H groups in total. The van der Waals surface area contributed by atoms with Gasteiger partial charge < -0.3 is 14.7 Å². The molecule has 0 saturated heterocycles. The predicted molar refractivity (Wildman–Crippen MR) is 63.2 cm³/mol. The zero-order valence-corrected chi connectivity index (χ0v) is 9.55. The Hall–Kier alpha value is -2.97. The van der Waals surface area contributed by atoms with Crippen LogP contribution in [0, 0.1) is 10.1 Å². The monoisotopic (exact) mass is 265 g/mol. The van der Waals surface area contributed by atoms with E-state index in [1.165, 1.54) is 0 Å². The molecular formula is C10H7N3O6. The third kappa shape index (κ3) is 2.08. The SMILES string of the molecule is COC(=O)c1cc([N+](=O)[O-])cc2[nH]c(=O)c(=O)[nH]c12. The molecule has 19 heavy (non-hydrogen) atoms. The molecule has 98 valence electrons. The van der Waals surface area contributed by atoms with Gasteiger partial charge in [-0.05, 0) is 0 Å². The second-order valence-electron chi connectivity index (χ2n) is 3.57. The van der Waals surface area contributed by atoms with Gasteiger partial charge in [0.15, 0.2) is 0 Å². The van der Waals surface area contributed by atoms with Gasteiger partial charge in [0, 0.05) is 12.1 Å². The molecule has 0 bridgehead atoms.